The Morgan fingerprint density at radius 1 is 1.09 bits per heavy atom. The van der Waals surface area contributed by atoms with E-state index in [0.717, 1.165) is 31.3 Å². The van der Waals surface area contributed by atoms with Gasteiger partial charge in [-0.3, -0.25) is 4.55 Å². The molecular formula is C33H54O13S. The van der Waals surface area contributed by atoms with Crippen LogP contribution in [0.4, 0.5) is 0 Å². The zero-order chi connectivity index (χ0) is 34.3. The van der Waals surface area contributed by atoms with Crippen molar-refractivity contribution in [3.8, 4) is 0 Å². The van der Waals surface area contributed by atoms with Crippen molar-refractivity contribution in [1.29, 1.82) is 0 Å². The van der Waals surface area contributed by atoms with Crippen molar-refractivity contribution in [2.24, 2.45) is 46.3 Å². The summed E-state index contributed by atoms with van der Waals surface area (Å²) in [7, 11) is -4.71. The van der Waals surface area contributed by atoms with Crippen LogP contribution in [0.1, 0.15) is 79.1 Å². The molecule has 270 valence electrons. The Bertz CT molecular complexity index is 1290. The summed E-state index contributed by atoms with van der Waals surface area (Å²) in [5, 5.41) is 62.2. The molecule has 7 N–H and O–H groups in total. The minimum absolute atomic E-state index is 0.0581. The normalized spacial score (nSPS) is 51.8. The van der Waals surface area contributed by atoms with Crippen LogP contribution < -0.4 is 0 Å². The number of aliphatic hydroxyl groups excluding tert-OH is 5. The predicted octanol–water partition coefficient (Wildman–Crippen LogP) is 1.29. The molecule has 0 aromatic rings. The van der Waals surface area contributed by atoms with Crippen molar-refractivity contribution in [2.45, 2.75) is 134 Å². The number of fused-ring (bicyclic) bond motifs is 7. The smallest absolute Gasteiger partial charge is 0.394 e. The summed E-state index contributed by atoms with van der Waals surface area (Å²) < 4.78 is 56.3. The van der Waals surface area contributed by atoms with Gasteiger partial charge in [-0.25, -0.2) is 4.18 Å². The maximum atomic E-state index is 11.9. The molecule has 17 atom stereocenters. The molecule has 13 nitrogen and oxygen atoms in total. The zero-order valence-corrected chi connectivity index (χ0v) is 28.5. The van der Waals surface area contributed by atoms with Crippen LogP contribution in [-0.4, -0.2) is 112 Å². The fourth-order valence-corrected chi connectivity index (χ4v) is 11.5. The first-order chi connectivity index (χ1) is 21.9. The molecule has 2 heterocycles. The third-order valence-electron chi connectivity index (χ3n) is 13.5. The topological polar surface area (TPSA) is 213 Å². The molecule has 6 aliphatic rings. The first-order valence-corrected chi connectivity index (χ1v) is 18.6. The van der Waals surface area contributed by atoms with E-state index in [1.807, 2.05) is 13.8 Å². The second kappa shape index (κ2) is 12.8. The number of hydrogen-bond acceptors (Lipinski definition) is 12. The van der Waals surface area contributed by atoms with Crippen LogP contribution in [0.2, 0.25) is 0 Å². The Morgan fingerprint density at radius 3 is 2.49 bits per heavy atom. The summed E-state index contributed by atoms with van der Waals surface area (Å²) >= 11 is 0. The molecule has 14 heteroatoms. The molecule has 6 rings (SSSR count). The summed E-state index contributed by atoms with van der Waals surface area (Å²) in [4.78, 5) is 0. The van der Waals surface area contributed by atoms with E-state index in [1.54, 1.807) is 0 Å². The summed E-state index contributed by atoms with van der Waals surface area (Å²) in [5.41, 5.74) is 0.289. The summed E-state index contributed by atoms with van der Waals surface area (Å²) in [6, 6.07) is 0. The van der Waals surface area contributed by atoms with E-state index < -0.39 is 71.1 Å². The largest absolute Gasteiger partial charge is 0.397 e. The van der Waals surface area contributed by atoms with Gasteiger partial charge in [-0.05, 0) is 73.5 Å². The minimum Gasteiger partial charge on any atom is -0.394 e. The first kappa shape index (κ1) is 36.1. The van der Waals surface area contributed by atoms with E-state index in [4.69, 9.17) is 18.4 Å². The van der Waals surface area contributed by atoms with Gasteiger partial charge in [0, 0.05) is 24.2 Å². The van der Waals surface area contributed by atoms with E-state index in [0.29, 0.717) is 25.2 Å². The molecular weight excluding hydrogens is 636 g/mol. The van der Waals surface area contributed by atoms with Crippen LogP contribution in [0.25, 0.3) is 0 Å². The second-order valence-electron chi connectivity index (χ2n) is 16.0. The molecule has 47 heavy (non-hydrogen) atoms. The molecule has 1 unspecified atom stereocenters. The average molecular weight is 691 g/mol. The molecule has 2 aliphatic heterocycles. The first-order valence-electron chi connectivity index (χ1n) is 17.3. The van der Waals surface area contributed by atoms with Gasteiger partial charge in [0.05, 0.1) is 31.5 Å². The lowest BCUT2D eigenvalue weighted by Crippen LogP contribution is -2.59. The van der Waals surface area contributed by atoms with Gasteiger partial charge in [-0.2, -0.15) is 8.42 Å². The van der Waals surface area contributed by atoms with Crippen molar-refractivity contribution in [1.82, 2.24) is 0 Å². The molecule has 0 aromatic heterocycles. The predicted molar refractivity (Wildman–Crippen MR) is 165 cm³/mol. The molecule has 0 radical (unpaired) electrons. The van der Waals surface area contributed by atoms with Gasteiger partial charge in [0.15, 0.2) is 12.1 Å². The lowest BCUT2D eigenvalue weighted by molar-refractivity contribution is -0.303. The fraction of sp³-hybridized carbons (Fsp3) is 0.939. The molecule has 0 bridgehead atoms. The van der Waals surface area contributed by atoms with Gasteiger partial charge in [-0.15, -0.1) is 0 Å². The quantitative estimate of drug-likeness (QED) is 0.134. The van der Waals surface area contributed by atoms with E-state index in [-0.39, 0.29) is 54.1 Å². The average Bonchev–Trinajstić information content (AvgIpc) is 3.43. The van der Waals surface area contributed by atoms with Crippen LogP contribution in [0, 0.1) is 46.3 Å². The summed E-state index contributed by atoms with van der Waals surface area (Å²) in [6.07, 6.45) is -1.31. The molecule has 0 amide bonds. The highest BCUT2D eigenvalue weighted by Crippen LogP contribution is 2.70. The lowest BCUT2D eigenvalue weighted by Gasteiger charge is -2.59. The Kier molecular flexibility index (Phi) is 9.81. The van der Waals surface area contributed by atoms with Crippen molar-refractivity contribution >= 4 is 10.4 Å². The molecule has 4 aliphatic carbocycles. The van der Waals surface area contributed by atoms with Crippen LogP contribution >= 0.6 is 0 Å². The van der Waals surface area contributed by atoms with Crippen LogP contribution in [0.5, 0.6) is 0 Å². The molecule has 5 fully saturated rings. The van der Waals surface area contributed by atoms with E-state index in [9.17, 15) is 43.6 Å². The number of aliphatic hydroxyl groups is 6. The standard InChI is InChI=1S/C33H54O13S/c1-16(15-43-30-29(38)28(37)27(36)24(14-34)44-30)7-10-33(39)17(2)26-23(45-33)13-22-20-6-5-18-11-19(35)12-25(46-47(40,41)42)32(18,4)21(20)8-9-31(22,26)3/h5,16-17,19-30,34-39H,6-15H2,1-4H3,(H,40,41,42)/t16-,17+,19-,20-,21+,22+,23+,24-,25-,26+,27-,28+,29-,30-,31+,32+,33?/m1/s1. The SMILES string of the molecule is C[C@H](CCC1(O)O[C@H]2C[C@H]3[C@@H]4CC=C5C[C@@H](O)C[C@@H](OS(=O)(=O)O)[C@]5(C)[C@H]4CC[C@]3(C)[C@H]2[C@@H]1C)CO[C@@H]1O[C@H](CO)[C@@H](O)[C@H](O)[C@H]1O. The van der Waals surface area contributed by atoms with Gasteiger partial charge in [0.2, 0.25) is 0 Å². The maximum Gasteiger partial charge on any atom is 0.397 e. The van der Waals surface area contributed by atoms with E-state index >= 15 is 0 Å². The van der Waals surface area contributed by atoms with Crippen LogP contribution in [0.3, 0.4) is 0 Å². The zero-order valence-electron chi connectivity index (χ0n) is 27.7. The van der Waals surface area contributed by atoms with Crippen LogP contribution in [-0.2, 0) is 28.8 Å². The number of hydrogen-bond donors (Lipinski definition) is 7. The van der Waals surface area contributed by atoms with Crippen LogP contribution in [0.15, 0.2) is 11.6 Å². The number of rotatable bonds is 9. The van der Waals surface area contributed by atoms with Gasteiger partial charge in [0.1, 0.15) is 24.4 Å². The van der Waals surface area contributed by atoms with E-state index in [2.05, 4.69) is 19.9 Å². The highest BCUT2D eigenvalue weighted by Gasteiger charge is 2.68. The Morgan fingerprint density at radius 2 is 1.81 bits per heavy atom. The summed E-state index contributed by atoms with van der Waals surface area (Å²) in [5.74, 6) is -0.716. The van der Waals surface area contributed by atoms with Crippen molar-refractivity contribution < 1.29 is 62.0 Å². The monoisotopic (exact) mass is 690 g/mol. The minimum atomic E-state index is -4.71. The summed E-state index contributed by atoms with van der Waals surface area (Å²) in [6.45, 7) is 8.00. The third kappa shape index (κ3) is 6.16. The van der Waals surface area contributed by atoms with Crippen molar-refractivity contribution in [2.75, 3.05) is 13.2 Å². The van der Waals surface area contributed by atoms with Gasteiger partial charge in [-0.1, -0.05) is 39.3 Å². The molecule has 0 spiro atoms. The Labute approximate surface area is 277 Å². The second-order valence-corrected chi connectivity index (χ2v) is 17.0. The molecule has 2 saturated heterocycles. The Balaban J connectivity index is 1.10. The van der Waals surface area contributed by atoms with Gasteiger partial charge >= 0.3 is 10.4 Å². The molecule has 3 saturated carbocycles. The number of ether oxygens (including phenoxy) is 3. The van der Waals surface area contributed by atoms with Crippen molar-refractivity contribution in [3.05, 3.63) is 11.6 Å². The highest BCUT2D eigenvalue weighted by atomic mass is 32.3. The third-order valence-corrected chi connectivity index (χ3v) is 13.9. The highest BCUT2D eigenvalue weighted by molar-refractivity contribution is 7.80. The Hall–Kier alpha value is -0.750. The van der Waals surface area contributed by atoms with Gasteiger partial charge < -0.3 is 44.8 Å². The lowest BCUT2D eigenvalue weighted by atomic mass is 9.46. The maximum absolute atomic E-state index is 11.9. The molecule has 0 aromatic carbocycles. The number of allylic oxidation sites excluding steroid dienone is 1. The van der Waals surface area contributed by atoms with Gasteiger partial charge in [0.25, 0.3) is 0 Å². The van der Waals surface area contributed by atoms with E-state index in [1.165, 1.54) is 0 Å². The van der Waals surface area contributed by atoms with Crippen molar-refractivity contribution in [3.63, 3.8) is 0 Å². The fourth-order valence-electron chi connectivity index (χ4n) is 10.9.